The lowest BCUT2D eigenvalue weighted by atomic mass is 10.0. The average Bonchev–Trinajstić information content (AvgIpc) is 3.13. The van der Waals surface area contributed by atoms with E-state index in [1.807, 2.05) is 0 Å². The molecule has 0 amide bonds. The predicted molar refractivity (Wildman–Crippen MR) is 128 cm³/mol. The van der Waals surface area contributed by atoms with E-state index >= 15 is 0 Å². The molecule has 0 radical (unpaired) electrons. The molecule has 1 rings (SSSR count). The number of ether oxygens (including phenoxy) is 1. The molecule has 0 bridgehead atoms. The number of hydrogen-bond acceptors (Lipinski definition) is 2. The lowest BCUT2D eigenvalue weighted by Crippen LogP contribution is -2.29. The number of hydrogen-bond donors (Lipinski definition) is 0. The highest BCUT2D eigenvalue weighted by Crippen LogP contribution is 2.13. The molecule has 29 heavy (non-hydrogen) atoms. The first-order valence-corrected chi connectivity index (χ1v) is 13.3. The van der Waals surface area contributed by atoms with Crippen LogP contribution in [0.2, 0.25) is 0 Å². The van der Waals surface area contributed by atoms with Gasteiger partial charge >= 0.3 is 0 Å². The Labute approximate surface area is 183 Å². The van der Waals surface area contributed by atoms with Crippen molar-refractivity contribution in [3.05, 3.63) is 0 Å². The zero-order valence-corrected chi connectivity index (χ0v) is 20.4. The molecule has 0 N–H and O–H groups in total. The molecule has 1 heterocycles. The van der Waals surface area contributed by atoms with E-state index in [4.69, 9.17) is 4.74 Å². The van der Waals surface area contributed by atoms with Crippen molar-refractivity contribution in [2.75, 3.05) is 33.0 Å². The SMILES string of the molecule is CCCCCCCCCCCCCCCCOC[N+]1=C(CCCC)N(CC)CC1. The lowest BCUT2D eigenvalue weighted by molar-refractivity contribution is -0.560. The second-order valence-corrected chi connectivity index (χ2v) is 9.00. The fraction of sp³-hybridized carbons (Fsp3) is 0.962. The molecule has 0 aromatic rings. The summed E-state index contributed by atoms with van der Waals surface area (Å²) in [6.45, 7) is 12.0. The highest BCUT2D eigenvalue weighted by molar-refractivity contribution is 5.78. The first kappa shape index (κ1) is 26.5. The van der Waals surface area contributed by atoms with E-state index < -0.39 is 0 Å². The Bertz CT molecular complexity index is 394. The Kier molecular flexibility index (Phi) is 17.7. The lowest BCUT2D eigenvalue weighted by Gasteiger charge is -2.11. The van der Waals surface area contributed by atoms with Gasteiger partial charge in [-0.3, -0.25) is 4.90 Å². The molecule has 0 atom stereocenters. The molecule has 0 unspecified atom stereocenters. The summed E-state index contributed by atoms with van der Waals surface area (Å²) in [4.78, 5) is 2.53. The van der Waals surface area contributed by atoms with Gasteiger partial charge in [0.1, 0.15) is 13.1 Å². The summed E-state index contributed by atoms with van der Waals surface area (Å²) in [6, 6.07) is 0. The van der Waals surface area contributed by atoms with Crippen LogP contribution < -0.4 is 0 Å². The van der Waals surface area contributed by atoms with Crippen molar-refractivity contribution in [2.24, 2.45) is 0 Å². The van der Waals surface area contributed by atoms with Crippen LogP contribution >= 0.6 is 0 Å². The van der Waals surface area contributed by atoms with Gasteiger partial charge < -0.3 is 4.74 Å². The number of likely N-dealkylation sites (N-methyl/N-ethyl adjacent to an activating group) is 1. The number of amidine groups is 1. The summed E-state index contributed by atoms with van der Waals surface area (Å²) >= 11 is 0. The largest absolute Gasteiger partial charge is 0.342 e. The van der Waals surface area contributed by atoms with E-state index in [0.29, 0.717) is 0 Å². The van der Waals surface area contributed by atoms with Gasteiger partial charge in [-0.15, -0.1) is 0 Å². The maximum absolute atomic E-state index is 6.01. The van der Waals surface area contributed by atoms with Crippen LogP contribution in [0.1, 0.15) is 130 Å². The minimum atomic E-state index is 0.800. The predicted octanol–water partition coefficient (Wildman–Crippen LogP) is 7.38. The summed E-state index contributed by atoms with van der Waals surface area (Å²) in [5, 5.41) is 0. The van der Waals surface area contributed by atoms with E-state index in [2.05, 4.69) is 30.2 Å². The summed E-state index contributed by atoms with van der Waals surface area (Å²) in [7, 11) is 0. The molecule has 0 saturated heterocycles. The molecular weight excluding hydrogens is 356 g/mol. The van der Waals surface area contributed by atoms with Crippen LogP contribution in [-0.4, -0.2) is 48.3 Å². The van der Waals surface area contributed by atoms with Gasteiger partial charge in [0.25, 0.3) is 0 Å². The Morgan fingerprint density at radius 1 is 0.690 bits per heavy atom. The number of nitrogens with zero attached hydrogens (tertiary/aromatic N) is 2. The van der Waals surface area contributed by atoms with Crippen molar-refractivity contribution in [3.8, 4) is 0 Å². The molecular formula is C26H53N2O+. The normalized spacial score (nSPS) is 14.4. The van der Waals surface area contributed by atoms with Crippen LogP contribution in [0.15, 0.2) is 0 Å². The molecule has 0 spiro atoms. The maximum Gasteiger partial charge on any atom is 0.248 e. The van der Waals surface area contributed by atoms with E-state index in [-0.39, 0.29) is 0 Å². The van der Waals surface area contributed by atoms with Gasteiger partial charge in [-0.05, 0) is 19.8 Å². The molecule has 3 nitrogen and oxygen atoms in total. The van der Waals surface area contributed by atoms with E-state index in [9.17, 15) is 0 Å². The van der Waals surface area contributed by atoms with E-state index in [1.165, 1.54) is 122 Å². The molecule has 1 aliphatic rings. The smallest absolute Gasteiger partial charge is 0.248 e. The quantitative estimate of drug-likeness (QED) is 0.145. The molecule has 0 aromatic heterocycles. The Balaban J connectivity index is 1.89. The third kappa shape index (κ3) is 13.4. The van der Waals surface area contributed by atoms with Crippen molar-refractivity contribution >= 4 is 5.84 Å². The van der Waals surface area contributed by atoms with Crippen molar-refractivity contribution in [3.63, 3.8) is 0 Å². The highest BCUT2D eigenvalue weighted by Gasteiger charge is 2.28. The topological polar surface area (TPSA) is 15.5 Å². The third-order valence-electron chi connectivity index (χ3n) is 6.39. The maximum atomic E-state index is 6.01. The number of rotatable bonds is 21. The monoisotopic (exact) mass is 409 g/mol. The Morgan fingerprint density at radius 2 is 1.21 bits per heavy atom. The van der Waals surface area contributed by atoms with Gasteiger partial charge in [0, 0.05) is 6.42 Å². The van der Waals surface area contributed by atoms with E-state index in [0.717, 1.165) is 26.4 Å². The summed E-state index contributed by atoms with van der Waals surface area (Å²) in [5.74, 6) is 1.52. The third-order valence-corrected chi connectivity index (χ3v) is 6.39. The summed E-state index contributed by atoms with van der Waals surface area (Å²) < 4.78 is 8.48. The zero-order valence-electron chi connectivity index (χ0n) is 20.4. The molecule has 0 aromatic carbocycles. The van der Waals surface area contributed by atoms with Gasteiger partial charge in [-0.25, -0.2) is 4.58 Å². The zero-order chi connectivity index (χ0) is 21.0. The van der Waals surface area contributed by atoms with Crippen LogP contribution in [0.5, 0.6) is 0 Å². The van der Waals surface area contributed by atoms with Crippen molar-refractivity contribution in [1.29, 1.82) is 0 Å². The van der Waals surface area contributed by atoms with Crippen LogP contribution in [0.25, 0.3) is 0 Å². The Hall–Kier alpha value is -0.570. The molecule has 3 heteroatoms. The van der Waals surface area contributed by atoms with Crippen LogP contribution in [0.3, 0.4) is 0 Å². The average molecular weight is 410 g/mol. The van der Waals surface area contributed by atoms with Gasteiger partial charge in [0.05, 0.1) is 13.2 Å². The van der Waals surface area contributed by atoms with Crippen molar-refractivity contribution in [1.82, 2.24) is 4.90 Å². The Morgan fingerprint density at radius 3 is 1.72 bits per heavy atom. The fourth-order valence-electron chi connectivity index (χ4n) is 4.40. The van der Waals surface area contributed by atoms with Gasteiger partial charge in [-0.1, -0.05) is 104 Å². The van der Waals surface area contributed by atoms with E-state index in [1.54, 1.807) is 0 Å². The van der Waals surface area contributed by atoms with Crippen molar-refractivity contribution in [2.45, 2.75) is 130 Å². The number of unbranched alkanes of at least 4 members (excludes halogenated alkanes) is 14. The van der Waals surface area contributed by atoms with Gasteiger partial charge in [-0.2, -0.15) is 0 Å². The standard InChI is InChI=1S/C26H53N2O/c1-4-7-9-10-11-12-13-14-15-16-17-18-19-20-24-29-25-28-23-22-27(6-3)26(28)21-8-5-2/h4-25H2,1-3H3/q+1. The molecule has 0 saturated carbocycles. The summed E-state index contributed by atoms with van der Waals surface area (Å²) in [6.07, 6.45) is 23.6. The molecule has 0 aliphatic carbocycles. The van der Waals surface area contributed by atoms with Gasteiger partial charge in [0.15, 0.2) is 6.73 Å². The summed E-state index contributed by atoms with van der Waals surface area (Å²) in [5.41, 5.74) is 0. The highest BCUT2D eigenvalue weighted by atomic mass is 16.5. The first-order valence-electron chi connectivity index (χ1n) is 13.3. The van der Waals surface area contributed by atoms with Crippen LogP contribution in [-0.2, 0) is 4.74 Å². The minimum absolute atomic E-state index is 0.800. The first-order chi connectivity index (χ1) is 14.3. The minimum Gasteiger partial charge on any atom is -0.342 e. The van der Waals surface area contributed by atoms with Gasteiger partial charge in [0.2, 0.25) is 5.84 Å². The second kappa shape index (κ2) is 19.4. The van der Waals surface area contributed by atoms with Crippen LogP contribution in [0.4, 0.5) is 0 Å². The second-order valence-electron chi connectivity index (χ2n) is 9.00. The molecule has 1 aliphatic heterocycles. The van der Waals surface area contributed by atoms with Crippen LogP contribution in [0, 0.1) is 0 Å². The molecule has 0 fully saturated rings. The molecule has 172 valence electrons. The van der Waals surface area contributed by atoms with Crippen molar-refractivity contribution < 1.29 is 9.31 Å². The fourth-order valence-corrected chi connectivity index (χ4v) is 4.40.